The topological polar surface area (TPSA) is 54.5 Å². The molecule has 1 aliphatic heterocycles. The number of morpholine rings is 1. The van der Waals surface area contributed by atoms with Crippen LogP contribution in [0.15, 0.2) is 30.3 Å². The third-order valence-electron chi connectivity index (χ3n) is 3.90. The number of carbonyl (C=O) groups is 1. The van der Waals surface area contributed by atoms with Crippen LogP contribution in [0.2, 0.25) is 0 Å². The average molecular weight is 331 g/mol. The van der Waals surface area contributed by atoms with Crippen molar-refractivity contribution in [2.24, 2.45) is 0 Å². The molecule has 1 unspecified atom stereocenters. The zero-order valence-corrected chi connectivity index (χ0v) is 14.2. The number of ether oxygens (including phenoxy) is 1. The number of aryl methyl sites for hydroxylation is 1. The average Bonchev–Trinajstić information content (AvgIpc) is 3.00. The summed E-state index contributed by atoms with van der Waals surface area (Å²) in [5.74, 6) is 0.966. The van der Waals surface area contributed by atoms with Crippen molar-refractivity contribution in [3.05, 3.63) is 45.8 Å². The Morgan fingerprint density at radius 1 is 1.43 bits per heavy atom. The van der Waals surface area contributed by atoms with Crippen molar-refractivity contribution < 1.29 is 9.53 Å². The van der Waals surface area contributed by atoms with Gasteiger partial charge in [-0.2, -0.15) is 0 Å². The van der Waals surface area contributed by atoms with Crippen LogP contribution in [0.1, 0.15) is 21.6 Å². The van der Waals surface area contributed by atoms with Crippen LogP contribution in [0.5, 0.6) is 0 Å². The number of aromatic nitrogens is 1. The van der Waals surface area contributed by atoms with Crippen LogP contribution in [0, 0.1) is 6.92 Å². The number of nitrogens with zero attached hydrogens (tertiary/aromatic N) is 2. The van der Waals surface area contributed by atoms with Crippen molar-refractivity contribution in [3.63, 3.8) is 0 Å². The Labute approximate surface area is 140 Å². The Bertz CT molecular complexity index is 686. The fraction of sp³-hybridized carbons (Fsp3) is 0.412. The predicted molar refractivity (Wildman–Crippen MR) is 91.8 cm³/mol. The van der Waals surface area contributed by atoms with Gasteiger partial charge >= 0.3 is 0 Å². The lowest BCUT2D eigenvalue weighted by Crippen LogP contribution is -2.43. The molecule has 1 aliphatic rings. The molecule has 0 spiro atoms. The maximum absolute atomic E-state index is 12.5. The Morgan fingerprint density at radius 3 is 3.04 bits per heavy atom. The summed E-state index contributed by atoms with van der Waals surface area (Å²) in [4.78, 5) is 21.3. The van der Waals surface area contributed by atoms with E-state index in [4.69, 9.17) is 4.74 Å². The molecule has 122 valence electrons. The molecule has 6 heteroatoms. The van der Waals surface area contributed by atoms with Crippen molar-refractivity contribution in [2.45, 2.75) is 19.4 Å². The van der Waals surface area contributed by atoms with E-state index in [0.29, 0.717) is 26.1 Å². The molecule has 0 bridgehead atoms. The summed E-state index contributed by atoms with van der Waals surface area (Å²) < 4.78 is 5.82. The normalized spacial score (nSPS) is 18.0. The van der Waals surface area contributed by atoms with Gasteiger partial charge in [0.05, 0.1) is 25.3 Å². The molecule has 1 N–H and O–H groups in total. The smallest absolute Gasteiger partial charge is 0.228 e. The number of thiophene rings is 1. The molecular weight excluding hydrogens is 310 g/mol. The standard InChI is InChI=1S/C17H21N3O2S/c1-12-6-7-13(23-12)10-17(21)20-8-9-22-15(11-20)14-4-3-5-16(18-2)19-14/h3-7,15H,8-11H2,1-2H3,(H,18,19). The quantitative estimate of drug-likeness (QED) is 0.936. The number of carbonyl (C=O) groups excluding carboxylic acids is 1. The van der Waals surface area contributed by atoms with Gasteiger partial charge in [0.25, 0.3) is 0 Å². The van der Waals surface area contributed by atoms with Gasteiger partial charge in [0.2, 0.25) is 5.91 Å². The molecule has 5 nitrogen and oxygen atoms in total. The minimum Gasteiger partial charge on any atom is -0.373 e. The van der Waals surface area contributed by atoms with Gasteiger partial charge in [-0.25, -0.2) is 4.98 Å². The van der Waals surface area contributed by atoms with E-state index in [1.54, 1.807) is 11.3 Å². The van der Waals surface area contributed by atoms with Crippen molar-refractivity contribution >= 4 is 23.1 Å². The highest BCUT2D eigenvalue weighted by molar-refractivity contribution is 7.12. The predicted octanol–water partition coefficient (Wildman–Crippen LogP) is 2.64. The molecule has 0 saturated carbocycles. The van der Waals surface area contributed by atoms with E-state index in [1.165, 1.54) is 4.88 Å². The summed E-state index contributed by atoms with van der Waals surface area (Å²) in [5.41, 5.74) is 0.862. The minimum absolute atomic E-state index is 0.157. The molecule has 2 aromatic heterocycles. The third-order valence-corrected chi connectivity index (χ3v) is 4.90. The first-order valence-electron chi connectivity index (χ1n) is 7.75. The van der Waals surface area contributed by atoms with E-state index in [1.807, 2.05) is 36.2 Å². The van der Waals surface area contributed by atoms with Crippen molar-refractivity contribution in [1.29, 1.82) is 0 Å². The number of nitrogens with one attached hydrogen (secondary N) is 1. The summed E-state index contributed by atoms with van der Waals surface area (Å²) in [6, 6.07) is 9.90. The highest BCUT2D eigenvalue weighted by Gasteiger charge is 2.26. The van der Waals surface area contributed by atoms with E-state index in [2.05, 4.69) is 23.3 Å². The Morgan fingerprint density at radius 2 is 2.30 bits per heavy atom. The SMILES string of the molecule is CNc1cccc(C2CN(C(=O)Cc3ccc(C)s3)CCO2)n1. The summed E-state index contributed by atoms with van der Waals surface area (Å²) in [5, 5.41) is 3.03. The monoisotopic (exact) mass is 331 g/mol. The molecule has 1 amide bonds. The highest BCUT2D eigenvalue weighted by atomic mass is 32.1. The molecule has 3 heterocycles. The number of hydrogen-bond acceptors (Lipinski definition) is 5. The second kappa shape index (κ2) is 7.10. The van der Waals surface area contributed by atoms with Crippen molar-refractivity contribution in [3.8, 4) is 0 Å². The summed E-state index contributed by atoms with van der Waals surface area (Å²) in [6.07, 6.45) is 0.306. The van der Waals surface area contributed by atoms with Gasteiger partial charge in [0.1, 0.15) is 11.9 Å². The third kappa shape index (κ3) is 3.89. The zero-order valence-electron chi connectivity index (χ0n) is 13.4. The minimum atomic E-state index is -0.161. The van der Waals surface area contributed by atoms with E-state index in [0.717, 1.165) is 16.4 Å². The summed E-state index contributed by atoms with van der Waals surface area (Å²) in [7, 11) is 1.84. The van der Waals surface area contributed by atoms with Gasteiger partial charge in [-0.15, -0.1) is 11.3 Å². The number of anilines is 1. The fourth-order valence-corrected chi connectivity index (χ4v) is 3.55. The van der Waals surface area contributed by atoms with Crippen molar-refractivity contribution in [2.75, 3.05) is 32.1 Å². The molecule has 23 heavy (non-hydrogen) atoms. The Balaban J connectivity index is 1.66. The fourth-order valence-electron chi connectivity index (χ4n) is 2.67. The zero-order chi connectivity index (χ0) is 16.2. The maximum Gasteiger partial charge on any atom is 0.228 e. The molecule has 0 aliphatic carbocycles. The molecule has 2 aromatic rings. The van der Waals surface area contributed by atoms with Gasteiger partial charge in [-0.05, 0) is 31.2 Å². The second-order valence-electron chi connectivity index (χ2n) is 5.59. The Hall–Kier alpha value is -1.92. The Kier molecular flexibility index (Phi) is 4.93. The molecule has 1 fully saturated rings. The molecular formula is C17H21N3O2S. The first kappa shape index (κ1) is 16.0. The molecule has 1 saturated heterocycles. The molecule has 0 radical (unpaired) electrons. The largest absolute Gasteiger partial charge is 0.373 e. The lowest BCUT2D eigenvalue weighted by Gasteiger charge is -2.32. The van der Waals surface area contributed by atoms with Crippen LogP contribution in [-0.2, 0) is 16.0 Å². The van der Waals surface area contributed by atoms with Gasteiger partial charge in [-0.1, -0.05) is 6.07 Å². The number of pyridine rings is 1. The second-order valence-corrected chi connectivity index (χ2v) is 6.96. The van der Waals surface area contributed by atoms with E-state index >= 15 is 0 Å². The first-order chi connectivity index (χ1) is 11.2. The number of amides is 1. The van der Waals surface area contributed by atoms with Crippen LogP contribution >= 0.6 is 11.3 Å². The lowest BCUT2D eigenvalue weighted by atomic mass is 10.1. The maximum atomic E-state index is 12.5. The van der Waals surface area contributed by atoms with Crippen LogP contribution < -0.4 is 5.32 Å². The lowest BCUT2D eigenvalue weighted by molar-refractivity contribution is -0.138. The van der Waals surface area contributed by atoms with E-state index < -0.39 is 0 Å². The van der Waals surface area contributed by atoms with Crippen molar-refractivity contribution in [1.82, 2.24) is 9.88 Å². The van der Waals surface area contributed by atoms with Crippen LogP contribution in [0.4, 0.5) is 5.82 Å². The van der Waals surface area contributed by atoms with Gasteiger partial charge in [0.15, 0.2) is 0 Å². The summed E-state index contributed by atoms with van der Waals surface area (Å²) >= 11 is 1.68. The van der Waals surface area contributed by atoms with Gasteiger partial charge < -0.3 is 15.0 Å². The number of hydrogen-bond donors (Lipinski definition) is 1. The van der Waals surface area contributed by atoms with Crippen LogP contribution in [0.3, 0.4) is 0 Å². The van der Waals surface area contributed by atoms with Crippen LogP contribution in [0.25, 0.3) is 0 Å². The van der Waals surface area contributed by atoms with Gasteiger partial charge in [0, 0.05) is 23.3 Å². The van der Waals surface area contributed by atoms with Gasteiger partial charge in [-0.3, -0.25) is 4.79 Å². The van der Waals surface area contributed by atoms with Crippen LogP contribution in [-0.4, -0.2) is 42.5 Å². The molecule has 1 atom stereocenters. The number of rotatable bonds is 4. The first-order valence-corrected chi connectivity index (χ1v) is 8.57. The van der Waals surface area contributed by atoms with E-state index in [9.17, 15) is 4.79 Å². The highest BCUT2D eigenvalue weighted by Crippen LogP contribution is 2.23. The van der Waals surface area contributed by atoms with E-state index in [-0.39, 0.29) is 12.0 Å². The molecule has 0 aromatic carbocycles. The summed E-state index contributed by atoms with van der Waals surface area (Å²) in [6.45, 7) is 3.81. The molecule has 3 rings (SSSR count).